The number of rotatable bonds is 7. The molecule has 6 nitrogen and oxygen atoms in total. The molecule has 25 heavy (non-hydrogen) atoms. The van der Waals surface area contributed by atoms with E-state index in [1.165, 1.54) is 6.07 Å². The Labute approximate surface area is 150 Å². The van der Waals surface area contributed by atoms with Crippen LogP contribution in [0, 0.1) is 5.82 Å². The number of hydrogen-bond donors (Lipinski definition) is 1. The summed E-state index contributed by atoms with van der Waals surface area (Å²) in [6, 6.07) is 6.83. The molecule has 0 unspecified atom stereocenters. The molecule has 0 saturated heterocycles. The standard InChI is InChI=1S/C17H22FN5OS/c18-15-8-2-1-6-13(15)12-25-11-5-9-19-17(24)14-7-3-4-10-23-16(14)20-21-22-23/h1-2,6,8,14H,3-5,7,9-12H2,(H,19,24)/t14-/m0/s1. The summed E-state index contributed by atoms with van der Waals surface area (Å²) in [5, 5.41) is 14.6. The molecule has 1 aromatic heterocycles. The minimum Gasteiger partial charge on any atom is -0.355 e. The quantitative estimate of drug-likeness (QED) is 0.765. The second kappa shape index (κ2) is 8.94. The molecule has 1 amide bonds. The van der Waals surface area contributed by atoms with Gasteiger partial charge in [-0.15, -0.1) is 5.10 Å². The average molecular weight is 363 g/mol. The molecule has 8 heteroatoms. The highest BCUT2D eigenvalue weighted by molar-refractivity contribution is 7.98. The number of halogens is 1. The summed E-state index contributed by atoms with van der Waals surface area (Å²) in [5.74, 6) is 1.77. The number of benzene rings is 1. The van der Waals surface area contributed by atoms with E-state index in [9.17, 15) is 9.18 Å². The van der Waals surface area contributed by atoms with Crippen molar-refractivity contribution in [2.24, 2.45) is 0 Å². The second-order valence-corrected chi connectivity index (χ2v) is 7.20. The molecule has 1 aromatic carbocycles. The minimum absolute atomic E-state index is 0.00273. The summed E-state index contributed by atoms with van der Waals surface area (Å²) in [5.41, 5.74) is 0.724. The van der Waals surface area contributed by atoms with Crippen LogP contribution in [-0.2, 0) is 17.1 Å². The van der Waals surface area contributed by atoms with Crippen LogP contribution >= 0.6 is 11.8 Å². The fourth-order valence-electron chi connectivity index (χ4n) is 2.91. The molecule has 1 N–H and O–H groups in total. The monoisotopic (exact) mass is 363 g/mol. The van der Waals surface area contributed by atoms with Crippen LogP contribution in [0.25, 0.3) is 0 Å². The van der Waals surface area contributed by atoms with Crippen LogP contribution in [0.1, 0.15) is 43.0 Å². The number of hydrogen-bond acceptors (Lipinski definition) is 5. The predicted octanol–water partition coefficient (Wildman–Crippen LogP) is 2.52. The molecule has 134 valence electrons. The first-order valence-corrected chi connectivity index (χ1v) is 9.76. The van der Waals surface area contributed by atoms with Crippen LogP contribution in [0.4, 0.5) is 4.39 Å². The molecular weight excluding hydrogens is 341 g/mol. The number of nitrogens with one attached hydrogen (secondary N) is 1. The third-order valence-electron chi connectivity index (χ3n) is 4.28. The summed E-state index contributed by atoms with van der Waals surface area (Å²) >= 11 is 1.67. The van der Waals surface area contributed by atoms with E-state index in [1.807, 2.05) is 6.07 Å². The highest BCUT2D eigenvalue weighted by Crippen LogP contribution is 2.24. The highest BCUT2D eigenvalue weighted by Gasteiger charge is 2.27. The molecule has 0 saturated carbocycles. The number of tetrazole rings is 1. The maximum Gasteiger partial charge on any atom is 0.230 e. The lowest BCUT2D eigenvalue weighted by Gasteiger charge is -2.13. The SMILES string of the molecule is O=C(NCCCSCc1ccccc1F)[C@H]1CCCCn2nnnc21. The Hall–Kier alpha value is -1.96. The van der Waals surface area contributed by atoms with Crippen molar-refractivity contribution < 1.29 is 9.18 Å². The lowest BCUT2D eigenvalue weighted by atomic mass is 10.0. The van der Waals surface area contributed by atoms with Gasteiger partial charge in [-0.2, -0.15) is 11.8 Å². The van der Waals surface area contributed by atoms with Gasteiger partial charge in [-0.25, -0.2) is 9.07 Å². The summed E-state index contributed by atoms with van der Waals surface area (Å²) < 4.78 is 15.3. The molecule has 0 aliphatic carbocycles. The van der Waals surface area contributed by atoms with Crippen molar-refractivity contribution in [2.45, 2.75) is 43.9 Å². The summed E-state index contributed by atoms with van der Waals surface area (Å²) in [6.45, 7) is 1.39. The minimum atomic E-state index is -0.261. The van der Waals surface area contributed by atoms with Gasteiger partial charge < -0.3 is 5.32 Å². The summed E-state index contributed by atoms with van der Waals surface area (Å²) in [4.78, 5) is 12.4. The Bertz CT molecular complexity index is 708. The van der Waals surface area contributed by atoms with Crippen molar-refractivity contribution in [1.29, 1.82) is 0 Å². The maximum absolute atomic E-state index is 13.5. The largest absolute Gasteiger partial charge is 0.355 e. The maximum atomic E-state index is 13.5. The van der Waals surface area contributed by atoms with Gasteiger partial charge in [0, 0.05) is 18.8 Å². The number of amides is 1. The number of fused-ring (bicyclic) bond motifs is 1. The van der Waals surface area contributed by atoms with Gasteiger partial charge >= 0.3 is 0 Å². The lowest BCUT2D eigenvalue weighted by Crippen LogP contribution is -2.31. The summed E-state index contributed by atoms with van der Waals surface area (Å²) in [6.07, 6.45) is 3.62. The van der Waals surface area contributed by atoms with Crippen molar-refractivity contribution in [1.82, 2.24) is 25.5 Å². The van der Waals surface area contributed by atoms with Crippen molar-refractivity contribution in [3.63, 3.8) is 0 Å². The Morgan fingerprint density at radius 1 is 1.36 bits per heavy atom. The molecule has 2 aromatic rings. The fourth-order valence-corrected chi connectivity index (χ4v) is 3.86. The Kier molecular flexibility index (Phi) is 6.38. The van der Waals surface area contributed by atoms with Gasteiger partial charge in [0.1, 0.15) is 5.82 Å². The van der Waals surface area contributed by atoms with Crippen LogP contribution in [0.15, 0.2) is 24.3 Å². The molecule has 0 spiro atoms. The molecule has 1 aliphatic rings. The van der Waals surface area contributed by atoms with Crippen LogP contribution in [0.2, 0.25) is 0 Å². The van der Waals surface area contributed by atoms with Gasteiger partial charge in [-0.3, -0.25) is 4.79 Å². The number of nitrogens with zero attached hydrogens (tertiary/aromatic N) is 4. The zero-order valence-corrected chi connectivity index (χ0v) is 14.8. The molecule has 0 radical (unpaired) electrons. The van der Waals surface area contributed by atoms with Crippen LogP contribution in [0.5, 0.6) is 0 Å². The molecular formula is C17H22FN5OS. The lowest BCUT2D eigenvalue weighted by molar-refractivity contribution is -0.122. The first-order valence-electron chi connectivity index (χ1n) is 8.60. The molecule has 1 aliphatic heterocycles. The first-order chi connectivity index (χ1) is 12.3. The van der Waals surface area contributed by atoms with E-state index in [2.05, 4.69) is 20.8 Å². The van der Waals surface area contributed by atoms with Crippen LogP contribution in [-0.4, -0.2) is 38.4 Å². The Balaban J connectivity index is 1.38. The Morgan fingerprint density at radius 2 is 2.24 bits per heavy atom. The normalized spacial score (nSPS) is 16.9. The van der Waals surface area contributed by atoms with Crippen LogP contribution < -0.4 is 5.32 Å². The van der Waals surface area contributed by atoms with E-state index in [0.29, 0.717) is 18.1 Å². The van der Waals surface area contributed by atoms with Crippen molar-refractivity contribution in [3.8, 4) is 0 Å². The zero-order chi connectivity index (χ0) is 17.5. The van der Waals surface area contributed by atoms with E-state index >= 15 is 0 Å². The molecule has 0 fully saturated rings. The van der Waals surface area contributed by atoms with E-state index in [0.717, 1.165) is 43.5 Å². The third-order valence-corrected chi connectivity index (χ3v) is 5.37. The topological polar surface area (TPSA) is 72.7 Å². The van der Waals surface area contributed by atoms with Gasteiger partial charge in [0.15, 0.2) is 5.82 Å². The first kappa shape index (κ1) is 17.8. The third kappa shape index (κ3) is 4.78. The van der Waals surface area contributed by atoms with Gasteiger partial charge in [-0.05, 0) is 47.1 Å². The van der Waals surface area contributed by atoms with E-state index in [4.69, 9.17) is 0 Å². The average Bonchev–Trinajstić information content (AvgIpc) is 2.98. The van der Waals surface area contributed by atoms with Crippen molar-refractivity contribution in [2.75, 3.05) is 12.3 Å². The smallest absolute Gasteiger partial charge is 0.230 e. The second-order valence-electron chi connectivity index (χ2n) is 6.10. The molecule has 3 rings (SSSR count). The number of aryl methyl sites for hydroxylation is 1. The van der Waals surface area contributed by atoms with Crippen LogP contribution in [0.3, 0.4) is 0 Å². The van der Waals surface area contributed by atoms with E-state index in [1.54, 1.807) is 28.6 Å². The zero-order valence-electron chi connectivity index (χ0n) is 14.0. The van der Waals surface area contributed by atoms with Crippen molar-refractivity contribution >= 4 is 17.7 Å². The Morgan fingerprint density at radius 3 is 3.12 bits per heavy atom. The van der Waals surface area contributed by atoms with Gasteiger partial charge in [-0.1, -0.05) is 24.6 Å². The van der Waals surface area contributed by atoms with Gasteiger partial charge in [0.2, 0.25) is 5.91 Å². The predicted molar refractivity (Wildman–Crippen MR) is 94.6 cm³/mol. The number of aromatic nitrogens is 4. The molecule has 2 heterocycles. The number of carbonyl (C=O) groups excluding carboxylic acids is 1. The molecule has 0 bridgehead atoms. The molecule has 1 atom stereocenters. The van der Waals surface area contributed by atoms with Gasteiger partial charge in [0.05, 0.1) is 5.92 Å². The van der Waals surface area contributed by atoms with E-state index < -0.39 is 0 Å². The number of carbonyl (C=O) groups is 1. The highest BCUT2D eigenvalue weighted by atomic mass is 32.2. The number of thioether (sulfide) groups is 1. The van der Waals surface area contributed by atoms with E-state index in [-0.39, 0.29) is 17.6 Å². The fraction of sp³-hybridized carbons (Fsp3) is 0.529. The summed E-state index contributed by atoms with van der Waals surface area (Å²) in [7, 11) is 0. The van der Waals surface area contributed by atoms with Gasteiger partial charge in [0.25, 0.3) is 0 Å². The van der Waals surface area contributed by atoms with Crippen molar-refractivity contribution in [3.05, 3.63) is 41.5 Å².